The van der Waals surface area contributed by atoms with Gasteiger partial charge in [0.05, 0.1) is 11.3 Å². The molecule has 2 rings (SSSR count). The molecule has 1 aromatic heterocycles. The van der Waals surface area contributed by atoms with E-state index in [-0.39, 0.29) is 19.1 Å². The predicted molar refractivity (Wildman–Crippen MR) is 68.9 cm³/mol. The van der Waals surface area contributed by atoms with Crippen LogP contribution in [0.3, 0.4) is 0 Å². The Kier molecular flexibility index (Phi) is 3.20. The average molecular weight is 271 g/mol. The molecule has 1 aliphatic rings. The van der Waals surface area contributed by atoms with Crippen molar-refractivity contribution in [2.24, 2.45) is 12.8 Å². The molecular formula is C11H17N3O3S. The zero-order valence-corrected chi connectivity index (χ0v) is 11.5. The van der Waals surface area contributed by atoms with E-state index < -0.39 is 9.84 Å². The molecule has 0 aliphatic carbocycles. The quantitative estimate of drug-likeness (QED) is 0.789. The van der Waals surface area contributed by atoms with Gasteiger partial charge in [-0.3, -0.25) is 0 Å². The SMILES string of the molecule is Cc1nn(C)c2c1/C=C(/S(C)(=O)=O)CC(N)CO2. The van der Waals surface area contributed by atoms with E-state index in [1.807, 2.05) is 6.92 Å². The third-order valence-corrected chi connectivity index (χ3v) is 4.13. The molecule has 2 N–H and O–H groups in total. The topological polar surface area (TPSA) is 87.2 Å². The normalized spacial score (nSPS) is 23.3. The Hall–Kier alpha value is -1.34. The first-order valence-electron chi connectivity index (χ1n) is 5.61. The number of hydrogen-bond acceptors (Lipinski definition) is 5. The largest absolute Gasteiger partial charge is 0.476 e. The summed E-state index contributed by atoms with van der Waals surface area (Å²) < 4.78 is 30.7. The highest BCUT2D eigenvalue weighted by atomic mass is 32.2. The summed E-state index contributed by atoms with van der Waals surface area (Å²) in [5, 5.41) is 4.23. The Morgan fingerprint density at radius 3 is 2.83 bits per heavy atom. The summed E-state index contributed by atoms with van der Waals surface area (Å²) in [5.74, 6) is 0.559. The molecule has 0 amide bonds. The van der Waals surface area contributed by atoms with E-state index in [0.717, 1.165) is 5.69 Å². The van der Waals surface area contributed by atoms with E-state index in [4.69, 9.17) is 10.5 Å². The lowest BCUT2D eigenvalue weighted by Crippen LogP contribution is -2.30. The van der Waals surface area contributed by atoms with Crippen LogP contribution in [0, 0.1) is 6.92 Å². The molecule has 1 unspecified atom stereocenters. The highest BCUT2D eigenvalue weighted by molar-refractivity contribution is 7.94. The number of fused-ring (bicyclic) bond motifs is 1. The van der Waals surface area contributed by atoms with E-state index in [1.165, 1.54) is 6.26 Å². The van der Waals surface area contributed by atoms with Crippen LogP contribution >= 0.6 is 0 Å². The molecular weight excluding hydrogens is 254 g/mol. The number of rotatable bonds is 1. The summed E-state index contributed by atoms with van der Waals surface area (Å²) in [6.07, 6.45) is 3.10. The molecule has 18 heavy (non-hydrogen) atoms. The second-order valence-electron chi connectivity index (χ2n) is 4.59. The van der Waals surface area contributed by atoms with Crippen LogP contribution in [0.15, 0.2) is 4.91 Å². The van der Waals surface area contributed by atoms with Gasteiger partial charge < -0.3 is 10.5 Å². The van der Waals surface area contributed by atoms with Crippen molar-refractivity contribution in [2.75, 3.05) is 12.9 Å². The Balaban J connectivity index is 2.62. The lowest BCUT2D eigenvalue weighted by Gasteiger charge is -2.18. The van der Waals surface area contributed by atoms with Crippen LogP contribution in [-0.2, 0) is 16.9 Å². The number of ether oxygens (including phenoxy) is 1. The minimum Gasteiger partial charge on any atom is -0.476 e. The first-order chi connectivity index (χ1) is 8.29. The highest BCUT2D eigenvalue weighted by Crippen LogP contribution is 2.29. The molecule has 100 valence electrons. The molecule has 0 spiro atoms. The van der Waals surface area contributed by atoms with Crippen LogP contribution in [0.25, 0.3) is 6.08 Å². The van der Waals surface area contributed by atoms with E-state index >= 15 is 0 Å². The zero-order chi connectivity index (χ0) is 13.5. The molecule has 0 aromatic carbocycles. The van der Waals surface area contributed by atoms with Crippen molar-refractivity contribution in [2.45, 2.75) is 19.4 Å². The van der Waals surface area contributed by atoms with Gasteiger partial charge in [0.25, 0.3) is 0 Å². The molecule has 1 atom stereocenters. The lowest BCUT2D eigenvalue weighted by molar-refractivity contribution is 0.263. The number of aromatic nitrogens is 2. The van der Waals surface area contributed by atoms with Gasteiger partial charge in [-0.25, -0.2) is 13.1 Å². The van der Waals surface area contributed by atoms with Gasteiger partial charge in [-0.05, 0) is 13.0 Å². The summed E-state index contributed by atoms with van der Waals surface area (Å²) >= 11 is 0. The fourth-order valence-electron chi connectivity index (χ4n) is 1.97. The van der Waals surface area contributed by atoms with Gasteiger partial charge in [-0.15, -0.1) is 0 Å². The third-order valence-electron chi connectivity index (χ3n) is 2.89. The highest BCUT2D eigenvalue weighted by Gasteiger charge is 2.23. The Bertz CT molecular complexity index is 601. The monoisotopic (exact) mass is 271 g/mol. The van der Waals surface area contributed by atoms with Crippen LogP contribution in [-0.4, -0.2) is 37.1 Å². The van der Waals surface area contributed by atoms with Crippen LogP contribution < -0.4 is 10.5 Å². The Morgan fingerprint density at radius 2 is 2.22 bits per heavy atom. The fourth-order valence-corrected chi connectivity index (χ4v) is 2.82. The van der Waals surface area contributed by atoms with E-state index in [1.54, 1.807) is 17.8 Å². The van der Waals surface area contributed by atoms with Gasteiger partial charge in [-0.1, -0.05) is 0 Å². The van der Waals surface area contributed by atoms with Gasteiger partial charge >= 0.3 is 0 Å². The van der Waals surface area contributed by atoms with Gasteiger partial charge in [0.2, 0.25) is 5.88 Å². The molecule has 0 saturated heterocycles. The number of aryl methyl sites for hydroxylation is 2. The molecule has 2 heterocycles. The fraction of sp³-hybridized carbons (Fsp3) is 0.545. The van der Waals surface area contributed by atoms with Crippen molar-refractivity contribution in [1.29, 1.82) is 0 Å². The van der Waals surface area contributed by atoms with Crippen LogP contribution in [0.4, 0.5) is 0 Å². The number of sulfone groups is 1. The second kappa shape index (κ2) is 4.40. The van der Waals surface area contributed by atoms with Crippen LogP contribution in [0.1, 0.15) is 17.7 Å². The predicted octanol–water partition coefficient (Wildman–Crippen LogP) is 0.224. The minimum atomic E-state index is -3.26. The Morgan fingerprint density at radius 1 is 1.56 bits per heavy atom. The van der Waals surface area contributed by atoms with E-state index in [0.29, 0.717) is 16.3 Å². The molecule has 6 nitrogen and oxygen atoms in total. The molecule has 0 fully saturated rings. The van der Waals surface area contributed by atoms with Crippen LogP contribution in [0.5, 0.6) is 5.88 Å². The van der Waals surface area contributed by atoms with Crippen molar-refractivity contribution < 1.29 is 13.2 Å². The minimum absolute atomic E-state index is 0.277. The summed E-state index contributed by atoms with van der Waals surface area (Å²) in [7, 11) is -1.50. The molecule has 1 aliphatic heterocycles. The molecule has 7 heteroatoms. The second-order valence-corrected chi connectivity index (χ2v) is 6.65. The van der Waals surface area contributed by atoms with Crippen molar-refractivity contribution in [1.82, 2.24) is 9.78 Å². The summed E-state index contributed by atoms with van der Waals surface area (Å²) in [6.45, 7) is 2.10. The molecule has 0 bridgehead atoms. The van der Waals surface area contributed by atoms with Crippen molar-refractivity contribution >= 4 is 15.9 Å². The molecule has 0 radical (unpaired) electrons. The van der Waals surface area contributed by atoms with Crippen molar-refractivity contribution in [3.63, 3.8) is 0 Å². The number of nitrogens with zero attached hydrogens (tertiary/aromatic N) is 2. The van der Waals surface area contributed by atoms with E-state index in [2.05, 4.69) is 5.10 Å². The lowest BCUT2D eigenvalue weighted by atomic mass is 10.1. The maximum absolute atomic E-state index is 11.7. The number of nitrogens with two attached hydrogens (primary N) is 1. The van der Waals surface area contributed by atoms with Crippen molar-refractivity contribution in [3.8, 4) is 5.88 Å². The van der Waals surface area contributed by atoms with Gasteiger partial charge in [0, 0.05) is 30.7 Å². The van der Waals surface area contributed by atoms with E-state index in [9.17, 15) is 8.42 Å². The van der Waals surface area contributed by atoms with Gasteiger partial charge in [-0.2, -0.15) is 5.10 Å². The Labute approximate surface area is 106 Å². The standard InChI is InChI=1S/C11H17N3O3S/c1-7-10-5-9(18(3,15)16)4-8(12)6-17-11(10)14(2)13-7/h5,8H,4,6,12H2,1-3H3/b9-5+. The summed E-state index contributed by atoms with van der Waals surface area (Å²) in [6, 6.07) is -0.339. The third kappa shape index (κ3) is 2.41. The van der Waals surface area contributed by atoms with Crippen LogP contribution in [0.2, 0.25) is 0 Å². The molecule has 1 aromatic rings. The van der Waals surface area contributed by atoms with Crippen molar-refractivity contribution in [3.05, 3.63) is 16.2 Å². The number of hydrogen-bond donors (Lipinski definition) is 1. The molecule has 0 saturated carbocycles. The summed E-state index contributed by atoms with van der Waals surface area (Å²) in [5.41, 5.74) is 7.30. The van der Waals surface area contributed by atoms with Gasteiger partial charge in [0.1, 0.15) is 6.61 Å². The summed E-state index contributed by atoms with van der Waals surface area (Å²) in [4.78, 5) is 0.329. The average Bonchev–Trinajstić information content (AvgIpc) is 2.45. The van der Waals surface area contributed by atoms with Gasteiger partial charge in [0.15, 0.2) is 9.84 Å². The first kappa shape index (κ1) is 13.1. The first-order valence-corrected chi connectivity index (χ1v) is 7.51. The zero-order valence-electron chi connectivity index (χ0n) is 10.7. The smallest absolute Gasteiger partial charge is 0.219 e. The maximum Gasteiger partial charge on any atom is 0.219 e. The maximum atomic E-state index is 11.7.